The largest absolute Gasteiger partial charge is 0.465 e. The number of para-hydroxylation sites is 1. The summed E-state index contributed by atoms with van der Waals surface area (Å²) in [6, 6.07) is 22.6. The lowest BCUT2D eigenvalue weighted by atomic mass is 10.1. The molecule has 0 amide bonds. The molecule has 5 nitrogen and oxygen atoms in total. The third-order valence-electron chi connectivity index (χ3n) is 3.91. The Morgan fingerprint density at radius 2 is 1.48 bits per heavy atom. The maximum Gasteiger partial charge on any atom is 0.337 e. The van der Waals surface area contributed by atoms with Crippen LogP contribution in [0.3, 0.4) is 0 Å². The van der Waals surface area contributed by atoms with E-state index in [4.69, 9.17) is 4.18 Å². The molecule has 0 aromatic heterocycles. The van der Waals surface area contributed by atoms with E-state index in [-0.39, 0.29) is 11.5 Å². The van der Waals surface area contributed by atoms with Crippen molar-refractivity contribution in [1.29, 1.82) is 0 Å². The van der Waals surface area contributed by atoms with E-state index < -0.39 is 16.1 Å². The molecule has 3 aromatic carbocycles. The van der Waals surface area contributed by atoms with Crippen LogP contribution in [-0.2, 0) is 20.6 Å². The predicted octanol–water partition coefficient (Wildman–Crippen LogP) is 4.05. The number of hydrogen-bond donors (Lipinski definition) is 0. The van der Waals surface area contributed by atoms with E-state index in [1.807, 2.05) is 42.5 Å². The molecule has 0 saturated carbocycles. The highest BCUT2D eigenvalue weighted by Gasteiger charge is 2.17. The molecule has 0 aliphatic heterocycles. The van der Waals surface area contributed by atoms with Gasteiger partial charge in [0.1, 0.15) is 11.5 Å². The molecule has 0 fully saturated rings. The van der Waals surface area contributed by atoms with Crippen LogP contribution < -0.4 is 4.18 Å². The van der Waals surface area contributed by atoms with E-state index in [9.17, 15) is 13.2 Å². The Morgan fingerprint density at radius 1 is 0.852 bits per heavy atom. The van der Waals surface area contributed by atoms with Gasteiger partial charge >= 0.3 is 16.1 Å². The maximum absolute atomic E-state index is 12.5. The number of carbonyl (C=O) groups is 1. The number of esters is 1. The molecule has 0 unspecified atom stereocenters. The number of hydrogen-bond acceptors (Lipinski definition) is 5. The Labute approximate surface area is 158 Å². The number of carbonyl (C=O) groups excluding carboxylic acids is 1. The zero-order valence-corrected chi connectivity index (χ0v) is 15.5. The van der Waals surface area contributed by atoms with Crippen molar-refractivity contribution >= 4 is 16.1 Å². The molecule has 0 bridgehead atoms. The normalized spacial score (nSPS) is 11.0. The Morgan fingerprint density at radius 3 is 2.15 bits per heavy atom. The summed E-state index contributed by atoms with van der Waals surface area (Å²) in [5, 5.41) is 0. The molecular weight excluding hydrogens is 364 g/mol. The lowest BCUT2D eigenvalue weighted by Gasteiger charge is -2.12. The summed E-state index contributed by atoms with van der Waals surface area (Å²) in [5.74, 6) is -0.510. The van der Waals surface area contributed by atoms with Crippen LogP contribution in [0.5, 0.6) is 5.75 Å². The molecule has 3 rings (SSSR count). The quantitative estimate of drug-likeness (QED) is 0.475. The minimum atomic E-state index is -3.87. The van der Waals surface area contributed by atoms with Gasteiger partial charge in [0, 0.05) is 5.56 Å². The van der Waals surface area contributed by atoms with E-state index in [0.29, 0.717) is 16.7 Å². The van der Waals surface area contributed by atoms with Gasteiger partial charge in [-0.1, -0.05) is 60.7 Å². The van der Waals surface area contributed by atoms with Crippen molar-refractivity contribution < 1.29 is 22.1 Å². The van der Waals surface area contributed by atoms with E-state index in [1.165, 1.54) is 19.2 Å². The molecule has 0 N–H and O–H groups in total. The van der Waals surface area contributed by atoms with E-state index in [1.54, 1.807) is 24.3 Å². The third kappa shape index (κ3) is 4.74. The summed E-state index contributed by atoms with van der Waals surface area (Å²) in [6.45, 7) is 0. The van der Waals surface area contributed by atoms with Crippen molar-refractivity contribution in [2.24, 2.45) is 0 Å². The molecule has 27 heavy (non-hydrogen) atoms. The smallest absolute Gasteiger partial charge is 0.337 e. The summed E-state index contributed by atoms with van der Waals surface area (Å²) in [4.78, 5) is 11.5. The first-order valence-electron chi connectivity index (χ1n) is 8.22. The lowest BCUT2D eigenvalue weighted by molar-refractivity contribution is 0.0600. The van der Waals surface area contributed by atoms with Crippen LogP contribution in [0.2, 0.25) is 0 Å². The molecule has 3 aromatic rings. The second-order valence-electron chi connectivity index (χ2n) is 5.84. The monoisotopic (exact) mass is 382 g/mol. The molecule has 0 saturated heterocycles. The van der Waals surface area contributed by atoms with Crippen LogP contribution in [0.15, 0.2) is 78.9 Å². The van der Waals surface area contributed by atoms with Gasteiger partial charge < -0.3 is 8.92 Å². The maximum atomic E-state index is 12.5. The SMILES string of the molecule is COC(=O)c1ccc(CS(=O)(=O)Oc2ccccc2-c2ccccc2)cc1. The van der Waals surface area contributed by atoms with E-state index >= 15 is 0 Å². The zero-order chi connectivity index (χ0) is 19.3. The van der Waals surface area contributed by atoms with Gasteiger partial charge in [0.2, 0.25) is 0 Å². The van der Waals surface area contributed by atoms with Crippen molar-refractivity contribution in [3.63, 3.8) is 0 Å². The summed E-state index contributed by atoms with van der Waals surface area (Å²) < 4.78 is 35.0. The second kappa shape index (κ2) is 8.05. The van der Waals surface area contributed by atoms with Gasteiger partial charge in [-0.15, -0.1) is 0 Å². The first-order valence-corrected chi connectivity index (χ1v) is 9.80. The highest BCUT2D eigenvalue weighted by molar-refractivity contribution is 7.86. The van der Waals surface area contributed by atoms with Gasteiger partial charge in [0.15, 0.2) is 0 Å². The average molecular weight is 382 g/mol. The standard InChI is InChI=1S/C21H18O5S/c1-25-21(22)18-13-11-16(12-14-18)15-27(23,24)26-20-10-6-5-9-19(20)17-7-3-2-4-8-17/h2-14H,15H2,1H3. The highest BCUT2D eigenvalue weighted by Crippen LogP contribution is 2.31. The second-order valence-corrected chi connectivity index (χ2v) is 7.41. The molecule has 0 aliphatic rings. The summed E-state index contributed by atoms with van der Waals surface area (Å²) in [6.07, 6.45) is 0. The first kappa shape index (κ1) is 18.7. The average Bonchev–Trinajstić information content (AvgIpc) is 2.68. The number of benzene rings is 3. The lowest BCUT2D eigenvalue weighted by Crippen LogP contribution is -2.13. The molecule has 0 radical (unpaired) electrons. The fourth-order valence-corrected chi connectivity index (χ4v) is 3.70. The Hall–Kier alpha value is -3.12. The Kier molecular flexibility index (Phi) is 5.57. The summed E-state index contributed by atoms with van der Waals surface area (Å²) >= 11 is 0. The molecule has 138 valence electrons. The first-order chi connectivity index (χ1) is 13.0. The molecule has 0 heterocycles. The molecule has 0 spiro atoms. The molecule has 0 aliphatic carbocycles. The number of methoxy groups -OCH3 is 1. The van der Waals surface area contributed by atoms with Crippen LogP contribution in [0.25, 0.3) is 11.1 Å². The van der Waals surface area contributed by atoms with Crippen molar-refractivity contribution in [1.82, 2.24) is 0 Å². The minimum absolute atomic E-state index is 0.273. The van der Waals surface area contributed by atoms with Crippen LogP contribution in [0.1, 0.15) is 15.9 Å². The summed E-state index contributed by atoms with van der Waals surface area (Å²) in [7, 11) is -2.58. The van der Waals surface area contributed by atoms with Gasteiger partial charge in [-0.25, -0.2) is 4.79 Å². The molecule has 6 heteroatoms. The van der Waals surface area contributed by atoms with E-state index in [2.05, 4.69) is 4.74 Å². The Bertz CT molecular complexity index is 1030. The number of ether oxygens (including phenoxy) is 1. The van der Waals surface area contributed by atoms with Gasteiger partial charge in [0.25, 0.3) is 0 Å². The van der Waals surface area contributed by atoms with Gasteiger partial charge in [-0.2, -0.15) is 8.42 Å². The summed E-state index contributed by atoms with van der Waals surface area (Å²) in [5.41, 5.74) is 2.43. The van der Waals surface area contributed by atoms with Crippen LogP contribution in [-0.4, -0.2) is 21.5 Å². The van der Waals surface area contributed by atoms with E-state index in [0.717, 1.165) is 5.56 Å². The third-order valence-corrected chi connectivity index (χ3v) is 5.03. The molecular formula is C21H18O5S. The minimum Gasteiger partial charge on any atom is -0.465 e. The van der Waals surface area contributed by atoms with Gasteiger partial charge in [-0.3, -0.25) is 0 Å². The topological polar surface area (TPSA) is 69.7 Å². The van der Waals surface area contributed by atoms with Crippen molar-refractivity contribution in [2.45, 2.75) is 5.75 Å². The fraction of sp³-hybridized carbons (Fsp3) is 0.0952. The van der Waals surface area contributed by atoms with Gasteiger partial charge in [0.05, 0.1) is 12.7 Å². The highest BCUT2D eigenvalue weighted by atomic mass is 32.2. The van der Waals surface area contributed by atoms with Crippen molar-refractivity contribution in [2.75, 3.05) is 7.11 Å². The Balaban J connectivity index is 1.81. The van der Waals surface area contributed by atoms with Crippen molar-refractivity contribution in [3.8, 4) is 16.9 Å². The van der Waals surface area contributed by atoms with Crippen LogP contribution >= 0.6 is 0 Å². The number of rotatable bonds is 6. The van der Waals surface area contributed by atoms with Gasteiger partial charge in [-0.05, 0) is 29.3 Å². The van der Waals surface area contributed by atoms with Crippen LogP contribution in [0, 0.1) is 0 Å². The van der Waals surface area contributed by atoms with Crippen LogP contribution in [0.4, 0.5) is 0 Å². The zero-order valence-electron chi connectivity index (χ0n) is 14.7. The van der Waals surface area contributed by atoms with Crippen molar-refractivity contribution in [3.05, 3.63) is 90.0 Å². The fourth-order valence-electron chi connectivity index (χ4n) is 2.62. The predicted molar refractivity (Wildman–Crippen MR) is 103 cm³/mol. The molecule has 0 atom stereocenters.